The van der Waals surface area contributed by atoms with E-state index in [9.17, 15) is 33.0 Å². The summed E-state index contributed by atoms with van der Waals surface area (Å²) in [5.41, 5.74) is 0.805. The standard InChI is InChI=1S/C22H16F3NO4/c23-22(24,25)17-7-4-14(5-8-17)20(28)26-19-9-6-16(11-18(19)21(29)30)15-3-1-2-13(10-15)12-27/h1-11,27H,12H2,(H,26,28)(H,29,30). The zero-order chi connectivity index (χ0) is 21.9. The third-order valence-corrected chi connectivity index (χ3v) is 4.42. The highest BCUT2D eigenvalue weighted by Crippen LogP contribution is 2.30. The molecule has 0 radical (unpaired) electrons. The zero-order valence-electron chi connectivity index (χ0n) is 15.4. The second kappa shape index (κ2) is 8.38. The molecule has 0 saturated heterocycles. The molecule has 0 aliphatic rings. The van der Waals surface area contributed by atoms with Crippen LogP contribution in [-0.2, 0) is 12.8 Å². The van der Waals surface area contributed by atoms with Gasteiger partial charge in [0.05, 0.1) is 23.4 Å². The summed E-state index contributed by atoms with van der Waals surface area (Å²) in [4.78, 5) is 24.1. The van der Waals surface area contributed by atoms with Crippen molar-refractivity contribution in [2.45, 2.75) is 12.8 Å². The highest BCUT2D eigenvalue weighted by atomic mass is 19.4. The molecular formula is C22H16F3NO4. The summed E-state index contributed by atoms with van der Waals surface area (Å²) >= 11 is 0. The number of aromatic carboxylic acids is 1. The Labute approximate surface area is 169 Å². The Morgan fingerprint density at radius 2 is 1.57 bits per heavy atom. The average Bonchev–Trinajstić information content (AvgIpc) is 2.73. The molecule has 3 aromatic rings. The maximum absolute atomic E-state index is 12.7. The average molecular weight is 415 g/mol. The molecule has 1 amide bonds. The molecule has 0 atom stereocenters. The van der Waals surface area contributed by atoms with Crippen molar-refractivity contribution in [3.8, 4) is 11.1 Å². The van der Waals surface area contributed by atoms with Gasteiger partial charge in [-0.2, -0.15) is 13.2 Å². The SMILES string of the molecule is O=C(Nc1ccc(-c2cccc(CO)c2)cc1C(=O)O)c1ccc(C(F)(F)F)cc1. The number of amides is 1. The number of rotatable bonds is 5. The van der Waals surface area contributed by atoms with Crippen molar-refractivity contribution in [3.05, 3.63) is 89.0 Å². The Bertz CT molecular complexity index is 1090. The number of alkyl halides is 3. The molecule has 0 aliphatic carbocycles. The number of halogens is 3. The van der Waals surface area contributed by atoms with Crippen LogP contribution >= 0.6 is 0 Å². The molecule has 154 valence electrons. The van der Waals surface area contributed by atoms with E-state index in [0.29, 0.717) is 16.7 Å². The lowest BCUT2D eigenvalue weighted by Crippen LogP contribution is -2.15. The predicted molar refractivity (Wildman–Crippen MR) is 104 cm³/mol. The van der Waals surface area contributed by atoms with Gasteiger partial charge in [-0.25, -0.2) is 4.79 Å². The summed E-state index contributed by atoms with van der Waals surface area (Å²) < 4.78 is 38.0. The van der Waals surface area contributed by atoms with Crippen molar-refractivity contribution in [3.63, 3.8) is 0 Å². The number of aliphatic hydroxyl groups excluding tert-OH is 1. The monoisotopic (exact) mass is 415 g/mol. The van der Waals surface area contributed by atoms with E-state index in [-0.39, 0.29) is 23.4 Å². The topological polar surface area (TPSA) is 86.6 Å². The Balaban J connectivity index is 1.88. The van der Waals surface area contributed by atoms with Gasteiger partial charge in [0.25, 0.3) is 5.91 Å². The number of carboxylic acids is 1. The number of carboxylic acid groups (broad SMARTS) is 1. The van der Waals surface area contributed by atoms with Crippen LogP contribution in [0, 0.1) is 0 Å². The smallest absolute Gasteiger partial charge is 0.416 e. The molecule has 0 spiro atoms. The first-order chi connectivity index (χ1) is 14.2. The fraction of sp³-hybridized carbons (Fsp3) is 0.0909. The summed E-state index contributed by atoms with van der Waals surface area (Å²) in [6.07, 6.45) is -4.52. The Kier molecular flexibility index (Phi) is 5.89. The van der Waals surface area contributed by atoms with Crippen molar-refractivity contribution in [2.24, 2.45) is 0 Å². The number of carbonyl (C=O) groups excluding carboxylic acids is 1. The zero-order valence-corrected chi connectivity index (χ0v) is 15.4. The fourth-order valence-electron chi connectivity index (χ4n) is 2.86. The number of hydrogen-bond acceptors (Lipinski definition) is 3. The molecule has 0 fully saturated rings. The second-order valence-electron chi connectivity index (χ2n) is 6.45. The number of benzene rings is 3. The highest BCUT2D eigenvalue weighted by molar-refractivity contribution is 6.08. The third kappa shape index (κ3) is 4.66. The van der Waals surface area contributed by atoms with E-state index in [2.05, 4.69) is 5.32 Å². The van der Waals surface area contributed by atoms with Crippen LogP contribution in [0.3, 0.4) is 0 Å². The van der Waals surface area contributed by atoms with Crippen molar-refractivity contribution >= 4 is 17.6 Å². The van der Waals surface area contributed by atoms with Crippen molar-refractivity contribution in [1.29, 1.82) is 0 Å². The largest absolute Gasteiger partial charge is 0.478 e. The van der Waals surface area contributed by atoms with Gasteiger partial charge in [-0.05, 0) is 59.2 Å². The molecule has 0 aliphatic heterocycles. The Hall–Kier alpha value is -3.65. The van der Waals surface area contributed by atoms with E-state index in [1.54, 1.807) is 30.3 Å². The summed E-state index contributed by atoms with van der Waals surface area (Å²) in [6, 6.07) is 14.9. The first-order valence-electron chi connectivity index (χ1n) is 8.75. The maximum atomic E-state index is 12.7. The van der Waals surface area contributed by atoms with Gasteiger partial charge in [-0.15, -0.1) is 0 Å². The van der Waals surface area contributed by atoms with Crippen LogP contribution in [0.15, 0.2) is 66.7 Å². The van der Waals surface area contributed by atoms with E-state index in [1.807, 2.05) is 0 Å². The van der Waals surface area contributed by atoms with Crippen LogP contribution in [0.5, 0.6) is 0 Å². The minimum Gasteiger partial charge on any atom is -0.478 e. The van der Waals surface area contributed by atoms with Gasteiger partial charge in [0.1, 0.15) is 0 Å². The van der Waals surface area contributed by atoms with Gasteiger partial charge in [0.2, 0.25) is 0 Å². The molecule has 3 rings (SSSR count). The third-order valence-electron chi connectivity index (χ3n) is 4.42. The number of nitrogens with one attached hydrogen (secondary N) is 1. The van der Waals surface area contributed by atoms with Crippen molar-refractivity contribution in [1.82, 2.24) is 0 Å². The molecule has 0 bridgehead atoms. The lowest BCUT2D eigenvalue weighted by Gasteiger charge is -2.12. The molecule has 0 saturated carbocycles. The normalized spacial score (nSPS) is 11.2. The fourth-order valence-corrected chi connectivity index (χ4v) is 2.86. The number of hydrogen-bond donors (Lipinski definition) is 3. The molecule has 0 heterocycles. The Morgan fingerprint density at radius 1 is 0.900 bits per heavy atom. The quantitative estimate of drug-likeness (QED) is 0.558. The van der Waals surface area contributed by atoms with Gasteiger partial charge >= 0.3 is 12.1 Å². The second-order valence-corrected chi connectivity index (χ2v) is 6.45. The van der Waals surface area contributed by atoms with Gasteiger partial charge in [0.15, 0.2) is 0 Å². The lowest BCUT2D eigenvalue weighted by molar-refractivity contribution is -0.137. The molecule has 0 aromatic heterocycles. The van der Waals surface area contributed by atoms with E-state index >= 15 is 0 Å². The van der Waals surface area contributed by atoms with Gasteiger partial charge < -0.3 is 15.5 Å². The molecule has 5 nitrogen and oxygen atoms in total. The van der Waals surface area contributed by atoms with Gasteiger partial charge in [-0.3, -0.25) is 4.79 Å². The first kappa shape index (κ1) is 21.1. The van der Waals surface area contributed by atoms with Crippen molar-refractivity contribution < 1.29 is 33.0 Å². The minimum atomic E-state index is -4.52. The van der Waals surface area contributed by atoms with Crippen LogP contribution < -0.4 is 5.32 Å². The van der Waals surface area contributed by atoms with E-state index in [4.69, 9.17) is 0 Å². The number of anilines is 1. The van der Waals surface area contributed by atoms with Crippen LogP contribution in [0.25, 0.3) is 11.1 Å². The summed E-state index contributed by atoms with van der Waals surface area (Å²) in [5, 5.41) is 21.2. The minimum absolute atomic E-state index is 0.00876. The molecule has 30 heavy (non-hydrogen) atoms. The van der Waals surface area contributed by atoms with Gasteiger partial charge in [-0.1, -0.05) is 24.3 Å². The van der Waals surface area contributed by atoms with Crippen LogP contribution in [0.1, 0.15) is 31.8 Å². The molecule has 0 unspecified atom stereocenters. The molecule has 8 heteroatoms. The van der Waals surface area contributed by atoms with E-state index in [0.717, 1.165) is 24.3 Å². The van der Waals surface area contributed by atoms with E-state index < -0.39 is 23.6 Å². The van der Waals surface area contributed by atoms with E-state index in [1.165, 1.54) is 12.1 Å². The number of carbonyl (C=O) groups is 2. The first-order valence-corrected chi connectivity index (χ1v) is 8.75. The summed E-state index contributed by atoms with van der Waals surface area (Å²) in [5.74, 6) is -2.01. The Morgan fingerprint density at radius 3 is 2.17 bits per heavy atom. The number of aliphatic hydroxyl groups is 1. The lowest BCUT2D eigenvalue weighted by atomic mass is 10.00. The maximum Gasteiger partial charge on any atom is 0.416 e. The predicted octanol–water partition coefficient (Wildman–Crippen LogP) is 4.82. The molecule has 3 N–H and O–H groups in total. The summed E-state index contributed by atoms with van der Waals surface area (Å²) in [7, 11) is 0. The highest BCUT2D eigenvalue weighted by Gasteiger charge is 2.30. The van der Waals surface area contributed by atoms with Crippen LogP contribution in [-0.4, -0.2) is 22.1 Å². The molecule has 3 aromatic carbocycles. The molecular weight excluding hydrogens is 399 g/mol. The van der Waals surface area contributed by atoms with Crippen LogP contribution in [0.4, 0.5) is 18.9 Å². The summed E-state index contributed by atoms with van der Waals surface area (Å²) in [6.45, 7) is -0.166. The van der Waals surface area contributed by atoms with Crippen molar-refractivity contribution in [2.75, 3.05) is 5.32 Å². The van der Waals surface area contributed by atoms with Crippen LogP contribution in [0.2, 0.25) is 0 Å². The van der Waals surface area contributed by atoms with Gasteiger partial charge in [0, 0.05) is 5.56 Å².